The summed E-state index contributed by atoms with van der Waals surface area (Å²) in [5, 5.41) is 31.3. The molecule has 0 amide bonds. The molecule has 0 radical (unpaired) electrons. The van der Waals surface area contributed by atoms with E-state index in [0.29, 0.717) is 0 Å². The zero-order chi connectivity index (χ0) is 79.5. The highest BCUT2D eigenvalue weighted by atomic mass is 32.1. The molecule has 10 rings (SSSR count). The molecule has 0 saturated heterocycles. The maximum Gasteiger partial charge on any atom is 0.172 e. The fourth-order valence-electron chi connectivity index (χ4n) is 18.3. The maximum absolute atomic E-state index is 11.0. The lowest BCUT2D eigenvalue weighted by atomic mass is 9.81. The second-order valence-corrected chi connectivity index (χ2v) is 41.1. The predicted octanol–water partition coefficient (Wildman–Crippen LogP) is 35.6. The van der Waals surface area contributed by atoms with Gasteiger partial charge in [0.2, 0.25) is 0 Å². The van der Waals surface area contributed by atoms with Gasteiger partial charge in [-0.2, -0.15) is 15.8 Å². The van der Waals surface area contributed by atoms with Crippen LogP contribution in [0.1, 0.15) is 428 Å². The first kappa shape index (κ1) is 90.4. The molecule has 0 bridgehead atoms. The molecule has 1 aromatic carbocycles. The summed E-state index contributed by atoms with van der Waals surface area (Å²) >= 11 is 11.6. The van der Waals surface area contributed by atoms with Crippen LogP contribution in [0.15, 0.2) is 53.3 Å². The predicted molar refractivity (Wildman–Crippen MR) is 499 cm³/mol. The van der Waals surface area contributed by atoms with Gasteiger partial charge in [-0.3, -0.25) is 0 Å². The van der Waals surface area contributed by atoms with Crippen molar-refractivity contribution in [3.8, 4) is 49.2 Å². The molecule has 0 atom stereocenters. The van der Waals surface area contributed by atoms with Crippen LogP contribution in [-0.2, 0) is 15.9 Å². The van der Waals surface area contributed by atoms with E-state index in [1.165, 1.54) is 383 Å². The first-order valence-corrected chi connectivity index (χ1v) is 51.2. The number of hydrogen-bond donors (Lipinski definition) is 0. The second kappa shape index (κ2) is 48.2. The molecular weight excluding hydrogens is 1500 g/mol. The molecule has 0 spiro atoms. The third-order valence-electron chi connectivity index (χ3n) is 24.9. The molecule has 6 aromatic heterocycles. The summed E-state index contributed by atoms with van der Waals surface area (Å²) in [5.41, 5.74) is 4.17. The second-order valence-electron chi connectivity index (χ2n) is 34.8. The Morgan fingerprint density at radius 1 is 0.372 bits per heavy atom. The number of unbranched alkanes of at least 4 members (excludes halogenated alkanes) is 48. The van der Waals surface area contributed by atoms with Crippen LogP contribution in [-0.4, -0.2) is 19.7 Å². The van der Waals surface area contributed by atoms with E-state index in [-0.39, 0.29) is 16.9 Å². The number of fused-ring (bicyclic) bond motifs is 13. The van der Waals surface area contributed by atoms with Crippen molar-refractivity contribution in [3.63, 3.8) is 0 Å². The average Bonchev–Trinajstić information content (AvgIpc) is 1.52. The van der Waals surface area contributed by atoms with Crippen molar-refractivity contribution in [2.45, 2.75) is 418 Å². The third-order valence-corrected chi connectivity index (χ3v) is 32.6. The Morgan fingerprint density at radius 2 is 0.699 bits per heavy atom. The van der Waals surface area contributed by atoms with Gasteiger partial charge in [-0.15, -0.1) is 68.0 Å². The summed E-state index contributed by atoms with van der Waals surface area (Å²) in [6, 6.07) is 20.3. The number of anilines is 1. The molecule has 0 fully saturated rings. The number of ether oxygens (including phenoxy) is 3. The molecule has 3 aliphatic heterocycles. The standard InChI is InChI=1S/C100H144N4O3S6/c1-9-13-17-21-25-29-33-37-41-45-49-53-57-67-99(68-58-54-50-46-42-38-34-30-26-22-18-14-10-2)85-90-82(71-79(108-90)66-63-76-61-64-78(65-62-76)104(7)8)110-92(85)94-88(106-99)96-97(112-94)89-95(113-96)93-86(91-83(111-93)72-81(109-91)84-80(75-103)87(77(73-101)74-102)105-98(84,5)6)100(107-89,69-59-55-51-47-43-39-35-31-27-23-19-15-11-3)70-60-56-52-48-44-40-36-32-28-24-20-16-12-4/h61-66,71-72H,9-60,67-70H2,1-8H3/b66-63+. The minimum atomic E-state index is -0.932. The quantitative estimate of drug-likeness (QED) is 0.0276. The first-order chi connectivity index (χ1) is 55.4. The SMILES string of the molecule is CCCCCCCCCCCCCCCC1(CCCCCCCCCCCCCCC)Oc2c(sc3c4c(sc23)-c2sc3cc(C5=C(C#N)C(=C(C#N)C#N)OC5(C)C)sc3c2C(CCCCCCCCCCCCCCC)(CCCCCCCCCCCCCCC)O4)-c2sc3cc(/C=C/c4ccc(N(C)C)cc4)sc3c21. The Kier molecular flexibility index (Phi) is 38.6. The van der Waals surface area contributed by atoms with E-state index in [1.807, 2.05) is 82.7 Å². The number of rotatable bonds is 60. The van der Waals surface area contributed by atoms with E-state index < -0.39 is 16.8 Å². The van der Waals surface area contributed by atoms with Crippen molar-refractivity contribution in [3.05, 3.63) is 79.7 Å². The van der Waals surface area contributed by atoms with Crippen molar-refractivity contribution in [2.24, 2.45) is 0 Å². The van der Waals surface area contributed by atoms with Crippen LogP contribution < -0.4 is 14.4 Å². The summed E-state index contributed by atoms with van der Waals surface area (Å²) in [4.78, 5) is 9.79. The van der Waals surface area contributed by atoms with Gasteiger partial charge < -0.3 is 19.1 Å². The van der Waals surface area contributed by atoms with Crippen LogP contribution in [0.5, 0.6) is 11.5 Å². The highest BCUT2D eigenvalue weighted by molar-refractivity contribution is 7.37. The van der Waals surface area contributed by atoms with Gasteiger partial charge in [0.25, 0.3) is 0 Å². The topological polar surface area (TPSA) is 102 Å². The lowest BCUT2D eigenvalue weighted by Gasteiger charge is -2.39. The van der Waals surface area contributed by atoms with Gasteiger partial charge in [-0.25, -0.2) is 0 Å². The zero-order valence-electron chi connectivity index (χ0n) is 71.7. The van der Waals surface area contributed by atoms with Gasteiger partial charge in [0, 0.05) is 55.6 Å². The molecule has 3 aliphatic rings. The lowest BCUT2D eigenvalue weighted by Crippen LogP contribution is -2.35. The monoisotopic (exact) mass is 1640 g/mol. The molecule has 0 saturated carbocycles. The number of nitriles is 3. The Morgan fingerprint density at radius 3 is 1.03 bits per heavy atom. The lowest BCUT2D eigenvalue weighted by molar-refractivity contribution is 0.0421. The minimum absolute atomic E-state index is 0.0968. The van der Waals surface area contributed by atoms with Crippen LogP contribution in [0, 0.1) is 34.0 Å². The Balaban J connectivity index is 1.02. The largest absolute Gasteiger partial charge is 0.479 e. The van der Waals surface area contributed by atoms with Crippen molar-refractivity contribution in [1.29, 1.82) is 15.8 Å². The van der Waals surface area contributed by atoms with Crippen LogP contribution in [0.2, 0.25) is 0 Å². The van der Waals surface area contributed by atoms with E-state index in [2.05, 4.69) is 101 Å². The summed E-state index contributed by atoms with van der Waals surface area (Å²) in [5.74, 6) is 2.29. The number of allylic oxidation sites excluding steroid dienone is 2. The van der Waals surface area contributed by atoms with E-state index >= 15 is 0 Å². The van der Waals surface area contributed by atoms with Crippen LogP contribution in [0.25, 0.3) is 65.4 Å². The molecule has 7 nitrogen and oxygen atoms in total. The average molecular weight is 1640 g/mol. The van der Waals surface area contributed by atoms with Crippen LogP contribution in [0.4, 0.5) is 5.69 Å². The van der Waals surface area contributed by atoms with Crippen LogP contribution >= 0.6 is 68.0 Å². The van der Waals surface area contributed by atoms with Gasteiger partial charge in [0.1, 0.15) is 40.6 Å². The van der Waals surface area contributed by atoms with Crippen molar-refractivity contribution in [2.75, 3.05) is 19.0 Å². The van der Waals surface area contributed by atoms with Crippen molar-refractivity contribution >= 4 is 120 Å². The third kappa shape index (κ3) is 25.1. The fraction of sp³-hybridized carbons (Fsp3) is 0.670. The Labute approximate surface area is 709 Å². The molecule has 13 heteroatoms. The summed E-state index contributed by atoms with van der Waals surface area (Å²) in [7, 11) is 4.23. The number of nitrogens with zero attached hydrogens (tertiary/aromatic N) is 4. The molecule has 0 aliphatic carbocycles. The Hall–Kier alpha value is -4.91. The van der Waals surface area contributed by atoms with Crippen LogP contribution in [0.3, 0.4) is 0 Å². The highest BCUT2D eigenvalue weighted by Crippen LogP contribution is 2.68. The van der Waals surface area contributed by atoms with Gasteiger partial charge in [-0.1, -0.05) is 354 Å². The number of thiophene rings is 6. The van der Waals surface area contributed by atoms with Crippen molar-refractivity contribution < 1.29 is 14.2 Å². The number of benzene rings is 1. The van der Waals surface area contributed by atoms with Gasteiger partial charge >= 0.3 is 0 Å². The van der Waals surface area contributed by atoms with Gasteiger partial charge in [0.05, 0.1) is 38.3 Å². The van der Waals surface area contributed by atoms with E-state index in [0.717, 1.165) is 73.3 Å². The summed E-state index contributed by atoms with van der Waals surface area (Å²) < 4.78 is 31.0. The van der Waals surface area contributed by atoms with Crippen molar-refractivity contribution in [1.82, 2.24) is 0 Å². The highest BCUT2D eigenvalue weighted by Gasteiger charge is 2.50. The molecule has 0 N–H and O–H groups in total. The smallest absolute Gasteiger partial charge is 0.172 e. The van der Waals surface area contributed by atoms with Gasteiger partial charge in [-0.05, 0) is 101 Å². The molecule has 0 unspecified atom stereocenters. The molecule has 618 valence electrons. The fourth-order valence-corrected chi connectivity index (χ4v) is 27.0. The zero-order valence-corrected chi connectivity index (χ0v) is 76.6. The molecular formula is C100H144N4O3S6. The molecule has 7 aromatic rings. The Bertz CT molecular complexity index is 4130. The van der Waals surface area contributed by atoms with E-state index in [1.54, 1.807) is 11.3 Å². The van der Waals surface area contributed by atoms with E-state index in [9.17, 15) is 15.8 Å². The van der Waals surface area contributed by atoms with E-state index in [4.69, 9.17) is 14.2 Å². The first-order valence-electron chi connectivity index (χ1n) is 46.3. The summed E-state index contributed by atoms with van der Waals surface area (Å²) in [6.45, 7) is 13.2. The molecule has 113 heavy (non-hydrogen) atoms. The maximum atomic E-state index is 11.0. The van der Waals surface area contributed by atoms with Gasteiger partial charge in [0.15, 0.2) is 22.8 Å². The molecule has 9 heterocycles. The minimum Gasteiger partial charge on any atom is -0.479 e. The number of hydrogen-bond acceptors (Lipinski definition) is 13. The summed E-state index contributed by atoms with van der Waals surface area (Å²) in [6.07, 6.45) is 77.5. The normalized spacial score (nSPS) is 14.5.